The number of halogens is 1. The van der Waals surface area contributed by atoms with Crippen LogP contribution in [0.25, 0.3) is 16.7 Å². The van der Waals surface area contributed by atoms with Crippen LogP contribution < -0.4 is 0 Å². The summed E-state index contributed by atoms with van der Waals surface area (Å²) in [4.78, 5) is 23.1. The molecule has 1 aliphatic heterocycles. The molecule has 134 valence electrons. The van der Waals surface area contributed by atoms with Crippen molar-refractivity contribution in [1.82, 2.24) is 24.6 Å². The highest BCUT2D eigenvalue weighted by molar-refractivity contribution is 8.00. The van der Waals surface area contributed by atoms with Crippen LogP contribution in [0, 0.1) is 5.82 Å². The molecule has 0 radical (unpaired) electrons. The molecule has 8 heteroatoms. The van der Waals surface area contributed by atoms with E-state index in [2.05, 4.69) is 15.1 Å². The number of carbonyl (C=O) groups excluding carboxylic acids is 1. The van der Waals surface area contributed by atoms with Crippen molar-refractivity contribution in [1.29, 1.82) is 0 Å². The Bertz CT molecular complexity index is 936. The zero-order chi connectivity index (χ0) is 18.1. The van der Waals surface area contributed by atoms with E-state index in [9.17, 15) is 9.18 Å². The molecule has 26 heavy (non-hydrogen) atoms. The smallest absolute Gasteiger partial charge is 0.235 e. The molecule has 0 aliphatic carbocycles. The van der Waals surface area contributed by atoms with Crippen molar-refractivity contribution < 1.29 is 9.18 Å². The summed E-state index contributed by atoms with van der Waals surface area (Å²) in [5.74, 6) is -0.157. The Morgan fingerprint density at radius 2 is 1.92 bits per heavy atom. The molecule has 0 N–H and O–H groups in total. The van der Waals surface area contributed by atoms with Crippen LogP contribution in [-0.2, 0) is 4.79 Å². The number of benzene rings is 1. The summed E-state index contributed by atoms with van der Waals surface area (Å²) < 4.78 is 14.8. The molecule has 1 atom stereocenters. The van der Waals surface area contributed by atoms with Gasteiger partial charge in [0.05, 0.1) is 22.5 Å². The number of aromatic nitrogens is 4. The predicted molar refractivity (Wildman–Crippen MR) is 97.8 cm³/mol. The molecule has 3 aromatic rings. The maximum atomic E-state index is 13.2. The molecule has 1 aromatic carbocycles. The Morgan fingerprint density at radius 1 is 1.19 bits per heavy atom. The van der Waals surface area contributed by atoms with Gasteiger partial charge < -0.3 is 4.90 Å². The summed E-state index contributed by atoms with van der Waals surface area (Å²) in [6, 6.07) is 6.07. The SMILES string of the molecule is C[C@@H](Sc1ncnc2c1cnn2-c1ccc(F)cc1)C(=O)N1CCCC1. The second-order valence-corrected chi connectivity index (χ2v) is 7.57. The normalized spacial score (nSPS) is 15.5. The lowest BCUT2D eigenvalue weighted by atomic mass is 10.3. The summed E-state index contributed by atoms with van der Waals surface area (Å²) in [5, 5.41) is 5.65. The van der Waals surface area contributed by atoms with Gasteiger partial charge in [0.25, 0.3) is 0 Å². The summed E-state index contributed by atoms with van der Waals surface area (Å²) >= 11 is 1.42. The van der Waals surface area contributed by atoms with Gasteiger partial charge in [0.15, 0.2) is 5.65 Å². The van der Waals surface area contributed by atoms with Crippen LogP contribution in [0.4, 0.5) is 4.39 Å². The molecule has 1 fully saturated rings. The maximum absolute atomic E-state index is 13.2. The van der Waals surface area contributed by atoms with Crippen molar-refractivity contribution in [3.63, 3.8) is 0 Å². The minimum atomic E-state index is -0.301. The van der Waals surface area contributed by atoms with E-state index in [1.807, 2.05) is 11.8 Å². The highest BCUT2D eigenvalue weighted by Crippen LogP contribution is 2.30. The third kappa shape index (κ3) is 3.16. The number of amides is 1. The van der Waals surface area contributed by atoms with Gasteiger partial charge in [-0.1, -0.05) is 11.8 Å². The maximum Gasteiger partial charge on any atom is 0.235 e. The second-order valence-electron chi connectivity index (χ2n) is 6.24. The van der Waals surface area contributed by atoms with E-state index >= 15 is 0 Å². The van der Waals surface area contributed by atoms with E-state index in [1.54, 1.807) is 23.0 Å². The van der Waals surface area contributed by atoms with Crippen LogP contribution in [0.2, 0.25) is 0 Å². The van der Waals surface area contributed by atoms with Crippen molar-refractivity contribution >= 4 is 28.7 Å². The van der Waals surface area contributed by atoms with E-state index < -0.39 is 0 Å². The lowest BCUT2D eigenvalue weighted by Crippen LogP contribution is -2.34. The molecule has 2 aromatic heterocycles. The Labute approximate surface area is 154 Å². The summed E-state index contributed by atoms with van der Waals surface area (Å²) in [6.07, 6.45) is 5.31. The number of fused-ring (bicyclic) bond motifs is 1. The molecule has 1 saturated heterocycles. The van der Waals surface area contributed by atoms with Gasteiger partial charge in [-0.05, 0) is 44.0 Å². The number of likely N-dealkylation sites (tertiary alicyclic amines) is 1. The zero-order valence-electron chi connectivity index (χ0n) is 14.3. The molecule has 3 heterocycles. The average Bonchev–Trinajstić information content (AvgIpc) is 3.32. The van der Waals surface area contributed by atoms with Gasteiger partial charge in [-0.25, -0.2) is 19.0 Å². The molecule has 4 rings (SSSR count). The molecule has 0 unspecified atom stereocenters. The topological polar surface area (TPSA) is 63.9 Å². The number of nitrogens with zero attached hydrogens (tertiary/aromatic N) is 5. The summed E-state index contributed by atoms with van der Waals surface area (Å²) in [5.41, 5.74) is 1.35. The van der Waals surface area contributed by atoms with Crippen molar-refractivity contribution in [3.05, 3.63) is 42.6 Å². The van der Waals surface area contributed by atoms with Gasteiger partial charge in [-0.15, -0.1) is 0 Å². The fraction of sp³-hybridized carbons (Fsp3) is 0.333. The first-order chi connectivity index (χ1) is 12.6. The molecule has 6 nitrogen and oxygen atoms in total. The van der Waals surface area contributed by atoms with Crippen LogP contribution in [0.5, 0.6) is 0 Å². The number of hydrogen-bond donors (Lipinski definition) is 0. The van der Waals surface area contributed by atoms with Crippen molar-refractivity contribution in [2.24, 2.45) is 0 Å². The van der Waals surface area contributed by atoms with Crippen molar-refractivity contribution in [2.75, 3.05) is 13.1 Å². The van der Waals surface area contributed by atoms with Crippen LogP contribution in [0.3, 0.4) is 0 Å². The molecule has 1 aliphatic rings. The van der Waals surface area contributed by atoms with Crippen LogP contribution in [0.15, 0.2) is 41.8 Å². The van der Waals surface area contributed by atoms with E-state index in [1.165, 1.54) is 30.2 Å². The first-order valence-corrected chi connectivity index (χ1v) is 9.41. The number of hydrogen-bond acceptors (Lipinski definition) is 5. The van der Waals surface area contributed by atoms with E-state index in [0.29, 0.717) is 5.65 Å². The van der Waals surface area contributed by atoms with E-state index in [0.717, 1.165) is 42.0 Å². The fourth-order valence-electron chi connectivity index (χ4n) is 3.10. The molecule has 0 saturated carbocycles. The monoisotopic (exact) mass is 371 g/mol. The second kappa shape index (κ2) is 7.03. The van der Waals surface area contributed by atoms with Crippen molar-refractivity contribution in [2.45, 2.75) is 30.0 Å². The lowest BCUT2D eigenvalue weighted by molar-refractivity contribution is -0.129. The quantitative estimate of drug-likeness (QED) is 0.521. The fourth-order valence-corrected chi connectivity index (χ4v) is 4.06. The standard InChI is InChI=1S/C18H18FN5OS/c1-12(18(25)23-8-2-3-9-23)26-17-15-10-22-24(16(15)20-11-21-17)14-6-4-13(19)5-7-14/h4-7,10-12H,2-3,8-9H2,1H3/t12-/m1/s1. The third-order valence-electron chi connectivity index (χ3n) is 4.45. The molecule has 0 bridgehead atoms. The minimum Gasteiger partial charge on any atom is -0.342 e. The minimum absolute atomic E-state index is 0.144. The van der Waals surface area contributed by atoms with Crippen LogP contribution >= 0.6 is 11.8 Å². The summed E-state index contributed by atoms with van der Waals surface area (Å²) in [6.45, 7) is 3.58. The Kier molecular flexibility index (Phi) is 4.58. The van der Waals surface area contributed by atoms with Gasteiger partial charge in [0.1, 0.15) is 17.2 Å². The van der Waals surface area contributed by atoms with Crippen molar-refractivity contribution in [3.8, 4) is 5.69 Å². The predicted octanol–water partition coefficient (Wildman–Crippen LogP) is 3.06. The largest absolute Gasteiger partial charge is 0.342 e. The highest BCUT2D eigenvalue weighted by Gasteiger charge is 2.25. The molecular weight excluding hydrogens is 353 g/mol. The molecular formula is C18H18FN5OS. The van der Waals surface area contributed by atoms with Gasteiger partial charge in [0, 0.05) is 13.1 Å². The van der Waals surface area contributed by atoms with Gasteiger partial charge in [-0.3, -0.25) is 4.79 Å². The third-order valence-corrected chi connectivity index (χ3v) is 5.56. The highest BCUT2D eigenvalue weighted by atomic mass is 32.2. The first kappa shape index (κ1) is 17.0. The van der Waals surface area contributed by atoms with Crippen LogP contribution in [0.1, 0.15) is 19.8 Å². The molecule has 0 spiro atoms. The Hall–Kier alpha value is -2.48. The van der Waals surface area contributed by atoms with E-state index in [-0.39, 0.29) is 17.0 Å². The first-order valence-electron chi connectivity index (χ1n) is 8.53. The average molecular weight is 371 g/mol. The zero-order valence-corrected chi connectivity index (χ0v) is 15.1. The van der Waals surface area contributed by atoms with Gasteiger partial charge in [-0.2, -0.15) is 5.10 Å². The number of rotatable bonds is 4. The van der Waals surface area contributed by atoms with Gasteiger partial charge >= 0.3 is 0 Å². The lowest BCUT2D eigenvalue weighted by Gasteiger charge is -2.19. The van der Waals surface area contributed by atoms with Crippen LogP contribution in [-0.4, -0.2) is 48.9 Å². The summed E-state index contributed by atoms with van der Waals surface area (Å²) in [7, 11) is 0. The van der Waals surface area contributed by atoms with E-state index in [4.69, 9.17) is 0 Å². The Balaban J connectivity index is 1.62. The number of thioether (sulfide) groups is 1. The number of carbonyl (C=O) groups is 1. The van der Waals surface area contributed by atoms with Gasteiger partial charge in [0.2, 0.25) is 5.91 Å². The Morgan fingerprint density at radius 3 is 2.65 bits per heavy atom. The molecule has 1 amide bonds.